The minimum Gasteiger partial charge on any atom is -0.489 e. The van der Waals surface area contributed by atoms with Crippen LogP contribution in [0.15, 0.2) is 48.5 Å². The zero-order valence-electron chi connectivity index (χ0n) is 17.5. The number of rotatable bonds is 4. The van der Waals surface area contributed by atoms with Crippen LogP contribution < -0.4 is 4.74 Å². The number of benzene rings is 2. The molecule has 1 saturated heterocycles. The Hall–Kier alpha value is -2.82. The smallest absolute Gasteiger partial charge is 0.309 e. The number of esters is 1. The van der Waals surface area contributed by atoms with Crippen LogP contribution in [0.3, 0.4) is 0 Å². The van der Waals surface area contributed by atoms with Crippen LogP contribution in [0.25, 0.3) is 0 Å². The maximum atomic E-state index is 12.9. The predicted octanol–water partition coefficient (Wildman–Crippen LogP) is 3.69. The second-order valence-electron chi connectivity index (χ2n) is 8.85. The Bertz CT molecular complexity index is 988. The third kappa shape index (κ3) is 2.75. The maximum absolute atomic E-state index is 12.9. The Morgan fingerprint density at radius 1 is 1.20 bits per heavy atom. The highest BCUT2D eigenvalue weighted by Crippen LogP contribution is 2.61. The summed E-state index contributed by atoms with van der Waals surface area (Å²) in [4.78, 5) is 27.6. The molecule has 0 unspecified atom stereocenters. The zero-order chi connectivity index (χ0) is 20.9. The lowest BCUT2D eigenvalue weighted by atomic mass is 9.74. The van der Waals surface area contributed by atoms with Crippen LogP contribution in [0.2, 0.25) is 0 Å². The van der Waals surface area contributed by atoms with Gasteiger partial charge in [0.1, 0.15) is 12.4 Å². The number of fused-ring (bicyclic) bond motifs is 1. The molecule has 2 aromatic carbocycles. The van der Waals surface area contributed by atoms with Gasteiger partial charge in [-0.2, -0.15) is 0 Å². The topological polar surface area (TPSA) is 55.8 Å². The molecule has 3 aliphatic rings. The predicted molar refractivity (Wildman–Crippen MR) is 112 cm³/mol. The van der Waals surface area contributed by atoms with Gasteiger partial charge in [0.05, 0.1) is 18.6 Å². The van der Waals surface area contributed by atoms with Crippen molar-refractivity contribution in [2.24, 2.45) is 17.8 Å². The van der Waals surface area contributed by atoms with Gasteiger partial charge < -0.3 is 14.4 Å². The van der Waals surface area contributed by atoms with Crippen LogP contribution in [0.4, 0.5) is 0 Å². The summed E-state index contributed by atoms with van der Waals surface area (Å²) < 4.78 is 11.2. The van der Waals surface area contributed by atoms with Gasteiger partial charge in [0, 0.05) is 18.9 Å². The van der Waals surface area contributed by atoms with Crippen LogP contribution >= 0.6 is 0 Å². The molecule has 1 spiro atoms. The molecular formula is C25H27NO4. The standard InChI is InChI=1S/C25H27NO4/c1-16-14-25-20-12-19(30-15-17-6-4-3-5-7-17)9-8-18(20)10-11-26(25)22(27)13-21(25)23(16)24(28)29-2/h3-9,12,16,21,23H,10-11,13-15H2,1-2H3/t16-,21-,23+,25-/m0/s1. The molecule has 5 heteroatoms. The number of carbonyl (C=O) groups excluding carboxylic acids is 2. The van der Waals surface area contributed by atoms with Gasteiger partial charge in [-0.3, -0.25) is 9.59 Å². The third-order valence-electron chi connectivity index (χ3n) is 7.34. The van der Waals surface area contributed by atoms with Gasteiger partial charge in [-0.1, -0.05) is 43.3 Å². The van der Waals surface area contributed by atoms with E-state index in [0.717, 1.165) is 29.7 Å². The molecule has 1 aliphatic carbocycles. The summed E-state index contributed by atoms with van der Waals surface area (Å²) in [7, 11) is 1.44. The molecule has 2 heterocycles. The number of amides is 1. The van der Waals surface area contributed by atoms with Crippen LogP contribution in [0.1, 0.15) is 36.5 Å². The molecular weight excluding hydrogens is 378 g/mol. The van der Waals surface area contributed by atoms with Crippen molar-refractivity contribution in [1.82, 2.24) is 4.90 Å². The molecule has 2 aromatic rings. The lowest BCUT2D eigenvalue weighted by molar-refractivity contribution is -0.148. The van der Waals surface area contributed by atoms with E-state index in [4.69, 9.17) is 9.47 Å². The van der Waals surface area contributed by atoms with Crippen LogP contribution in [-0.4, -0.2) is 30.4 Å². The normalized spacial score (nSPS) is 29.2. The van der Waals surface area contributed by atoms with E-state index in [1.165, 1.54) is 12.7 Å². The molecule has 2 aliphatic heterocycles. The first-order valence-corrected chi connectivity index (χ1v) is 10.7. The third-order valence-corrected chi connectivity index (χ3v) is 7.34. The van der Waals surface area contributed by atoms with Crippen molar-refractivity contribution in [1.29, 1.82) is 0 Å². The van der Waals surface area contributed by atoms with E-state index in [2.05, 4.69) is 19.1 Å². The van der Waals surface area contributed by atoms with E-state index in [-0.39, 0.29) is 29.6 Å². The molecule has 0 N–H and O–H groups in total. The second-order valence-corrected chi connectivity index (χ2v) is 8.85. The Balaban J connectivity index is 1.53. The molecule has 1 amide bonds. The molecule has 156 valence electrons. The first-order chi connectivity index (χ1) is 14.5. The summed E-state index contributed by atoms with van der Waals surface area (Å²) in [5, 5.41) is 0. The van der Waals surface area contributed by atoms with Gasteiger partial charge in [0.15, 0.2) is 0 Å². The summed E-state index contributed by atoms with van der Waals surface area (Å²) in [6.07, 6.45) is 2.04. The van der Waals surface area contributed by atoms with E-state index in [1.807, 2.05) is 41.3 Å². The van der Waals surface area contributed by atoms with Crippen molar-refractivity contribution in [3.8, 4) is 5.75 Å². The van der Waals surface area contributed by atoms with E-state index >= 15 is 0 Å². The molecule has 30 heavy (non-hydrogen) atoms. The van der Waals surface area contributed by atoms with Gasteiger partial charge in [-0.25, -0.2) is 0 Å². The van der Waals surface area contributed by atoms with Gasteiger partial charge >= 0.3 is 5.97 Å². The number of nitrogens with zero attached hydrogens (tertiary/aromatic N) is 1. The Morgan fingerprint density at radius 3 is 2.77 bits per heavy atom. The number of methoxy groups -OCH3 is 1. The van der Waals surface area contributed by atoms with Crippen molar-refractivity contribution in [3.63, 3.8) is 0 Å². The summed E-state index contributed by atoms with van der Waals surface area (Å²) in [5.74, 6) is 0.642. The monoisotopic (exact) mass is 405 g/mol. The van der Waals surface area contributed by atoms with Gasteiger partial charge in [0.2, 0.25) is 5.91 Å². The van der Waals surface area contributed by atoms with Crippen LogP contribution in [0.5, 0.6) is 5.75 Å². The van der Waals surface area contributed by atoms with Crippen LogP contribution in [-0.2, 0) is 32.9 Å². The summed E-state index contributed by atoms with van der Waals surface area (Å²) in [6, 6.07) is 16.4. The molecule has 1 saturated carbocycles. The summed E-state index contributed by atoms with van der Waals surface area (Å²) in [5.41, 5.74) is 3.11. The minimum absolute atomic E-state index is 0.0455. The van der Waals surface area contributed by atoms with Gasteiger partial charge in [-0.15, -0.1) is 0 Å². The van der Waals surface area contributed by atoms with Gasteiger partial charge in [-0.05, 0) is 47.6 Å². The fourth-order valence-electron chi connectivity index (χ4n) is 6.14. The lowest BCUT2D eigenvalue weighted by Gasteiger charge is -2.44. The average molecular weight is 405 g/mol. The van der Waals surface area contributed by atoms with Crippen molar-refractivity contribution in [2.45, 2.75) is 38.3 Å². The van der Waals surface area contributed by atoms with Crippen molar-refractivity contribution < 1.29 is 19.1 Å². The molecule has 5 nitrogen and oxygen atoms in total. The molecule has 0 aromatic heterocycles. The van der Waals surface area contributed by atoms with E-state index in [9.17, 15) is 9.59 Å². The number of carbonyl (C=O) groups is 2. The van der Waals surface area contributed by atoms with E-state index in [1.54, 1.807) is 0 Å². The Morgan fingerprint density at radius 2 is 2.00 bits per heavy atom. The van der Waals surface area contributed by atoms with Gasteiger partial charge in [0.25, 0.3) is 0 Å². The number of hydrogen-bond acceptors (Lipinski definition) is 4. The van der Waals surface area contributed by atoms with Crippen LogP contribution in [0, 0.1) is 17.8 Å². The largest absolute Gasteiger partial charge is 0.489 e. The zero-order valence-corrected chi connectivity index (χ0v) is 17.5. The fourth-order valence-corrected chi connectivity index (χ4v) is 6.14. The molecule has 0 radical (unpaired) electrons. The second kappa shape index (κ2) is 7.15. The highest BCUT2D eigenvalue weighted by atomic mass is 16.5. The molecule has 4 atom stereocenters. The highest BCUT2D eigenvalue weighted by molar-refractivity contribution is 5.85. The Kier molecular flexibility index (Phi) is 4.57. The maximum Gasteiger partial charge on any atom is 0.309 e. The van der Waals surface area contributed by atoms with E-state index < -0.39 is 5.54 Å². The first-order valence-electron chi connectivity index (χ1n) is 10.7. The SMILES string of the molecule is COC(=O)[C@@H]1[C@@H](C)C[C@@]23c4cc(OCc5ccccc5)ccc4CCN2C(=O)C[C@@H]13. The number of hydrogen-bond donors (Lipinski definition) is 0. The molecule has 2 fully saturated rings. The number of ether oxygens (including phenoxy) is 2. The molecule has 0 bridgehead atoms. The van der Waals surface area contributed by atoms with Crippen molar-refractivity contribution in [2.75, 3.05) is 13.7 Å². The quantitative estimate of drug-likeness (QED) is 0.728. The lowest BCUT2D eigenvalue weighted by Crippen LogP contribution is -2.49. The van der Waals surface area contributed by atoms with E-state index in [0.29, 0.717) is 19.6 Å². The first kappa shape index (κ1) is 19.2. The Labute approximate surface area is 177 Å². The summed E-state index contributed by atoms with van der Waals surface area (Å²) in [6.45, 7) is 3.33. The average Bonchev–Trinajstić information content (AvgIpc) is 3.20. The van der Waals surface area contributed by atoms with Crippen molar-refractivity contribution >= 4 is 11.9 Å². The highest BCUT2D eigenvalue weighted by Gasteiger charge is 2.65. The summed E-state index contributed by atoms with van der Waals surface area (Å²) >= 11 is 0. The minimum atomic E-state index is -0.422. The van der Waals surface area contributed by atoms with Crippen molar-refractivity contribution in [3.05, 3.63) is 65.2 Å². The fraction of sp³-hybridized carbons (Fsp3) is 0.440. The molecule has 5 rings (SSSR count).